The average Bonchev–Trinajstić information content (AvgIpc) is 2.97. The monoisotopic (exact) mass is 329 g/mol. The van der Waals surface area contributed by atoms with Gasteiger partial charge in [-0.15, -0.1) is 11.8 Å². The SMILES string of the molecule is CCNC(C)C(CC)c1nc(C2SCCSC2CC)no1. The molecule has 0 amide bonds. The van der Waals surface area contributed by atoms with Crippen LogP contribution in [-0.4, -0.2) is 39.5 Å². The summed E-state index contributed by atoms with van der Waals surface area (Å²) in [5.74, 6) is 4.41. The van der Waals surface area contributed by atoms with Crippen molar-refractivity contribution in [3.63, 3.8) is 0 Å². The Hall–Kier alpha value is -0.200. The van der Waals surface area contributed by atoms with Crippen LogP contribution in [0, 0.1) is 0 Å². The van der Waals surface area contributed by atoms with Crippen LogP contribution in [0.1, 0.15) is 63.4 Å². The molecule has 4 unspecified atom stereocenters. The summed E-state index contributed by atoms with van der Waals surface area (Å²) in [6.45, 7) is 9.72. The molecule has 1 aliphatic rings. The van der Waals surface area contributed by atoms with E-state index in [1.54, 1.807) is 0 Å². The van der Waals surface area contributed by atoms with E-state index in [0.717, 1.165) is 31.1 Å². The van der Waals surface area contributed by atoms with Crippen molar-refractivity contribution in [2.24, 2.45) is 0 Å². The van der Waals surface area contributed by atoms with Gasteiger partial charge in [-0.05, 0) is 26.3 Å². The Labute approximate surface area is 136 Å². The second-order valence-electron chi connectivity index (χ2n) is 5.46. The van der Waals surface area contributed by atoms with Gasteiger partial charge >= 0.3 is 0 Å². The number of hydrogen-bond acceptors (Lipinski definition) is 6. The predicted molar refractivity (Wildman–Crippen MR) is 92.2 cm³/mol. The third-order valence-electron chi connectivity index (χ3n) is 4.05. The standard InChI is InChI=1S/C15H27N3OS2/c1-5-11(10(4)16-7-3)15-17-14(18-19-15)13-12(6-2)20-8-9-21-13/h10-13,16H,5-9H2,1-4H3. The normalized spacial score (nSPS) is 25.7. The average molecular weight is 330 g/mol. The van der Waals surface area contributed by atoms with Crippen molar-refractivity contribution in [1.29, 1.82) is 0 Å². The maximum Gasteiger partial charge on any atom is 0.231 e. The number of hydrogen-bond donors (Lipinski definition) is 1. The first-order valence-corrected chi connectivity index (χ1v) is 10.1. The highest BCUT2D eigenvalue weighted by Crippen LogP contribution is 2.43. The maximum atomic E-state index is 5.61. The molecule has 4 nitrogen and oxygen atoms in total. The molecule has 0 radical (unpaired) electrons. The number of thioether (sulfide) groups is 2. The lowest BCUT2D eigenvalue weighted by atomic mass is 9.98. The van der Waals surface area contributed by atoms with Gasteiger partial charge in [0.05, 0.1) is 11.2 Å². The zero-order chi connectivity index (χ0) is 15.2. The van der Waals surface area contributed by atoms with Crippen LogP contribution < -0.4 is 5.32 Å². The van der Waals surface area contributed by atoms with Gasteiger partial charge in [0.2, 0.25) is 5.89 Å². The molecular weight excluding hydrogens is 302 g/mol. The molecule has 6 heteroatoms. The van der Waals surface area contributed by atoms with E-state index < -0.39 is 0 Å². The second-order valence-corrected chi connectivity index (χ2v) is 8.06. The molecule has 2 heterocycles. The Kier molecular flexibility index (Phi) is 6.89. The number of nitrogens with zero attached hydrogens (tertiary/aromatic N) is 2. The minimum absolute atomic E-state index is 0.299. The molecular formula is C15H27N3OS2. The van der Waals surface area contributed by atoms with Crippen LogP contribution in [0.5, 0.6) is 0 Å². The van der Waals surface area contributed by atoms with Crippen molar-refractivity contribution < 1.29 is 4.52 Å². The van der Waals surface area contributed by atoms with E-state index in [9.17, 15) is 0 Å². The minimum Gasteiger partial charge on any atom is -0.339 e. The van der Waals surface area contributed by atoms with Gasteiger partial charge in [-0.25, -0.2) is 0 Å². The highest BCUT2D eigenvalue weighted by molar-refractivity contribution is 8.06. The molecule has 0 spiro atoms. The van der Waals surface area contributed by atoms with E-state index in [-0.39, 0.29) is 0 Å². The van der Waals surface area contributed by atoms with Crippen LogP contribution in [0.15, 0.2) is 4.52 Å². The van der Waals surface area contributed by atoms with Crippen molar-refractivity contribution in [2.45, 2.75) is 63.0 Å². The molecule has 1 saturated heterocycles. The van der Waals surface area contributed by atoms with Gasteiger partial charge in [-0.3, -0.25) is 0 Å². The van der Waals surface area contributed by atoms with Crippen LogP contribution in [0.25, 0.3) is 0 Å². The van der Waals surface area contributed by atoms with Gasteiger partial charge in [-0.1, -0.05) is 25.9 Å². The zero-order valence-corrected chi connectivity index (χ0v) is 15.1. The first-order valence-electron chi connectivity index (χ1n) is 8.01. The number of rotatable bonds is 7. The maximum absolute atomic E-state index is 5.61. The fourth-order valence-electron chi connectivity index (χ4n) is 2.86. The highest BCUT2D eigenvalue weighted by atomic mass is 32.2. The molecule has 2 rings (SSSR count). The lowest BCUT2D eigenvalue weighted by molar-refractivity contribution is 0.315. The van der Waals surface area contributed by atoms with Crippen LogP contribution in [-0.2, 0) is 0 Å². The summed E-state index contributed by atoms with van der Waals surface area (Å²) in [5.41, 5.74) is 0. The molecule has 1 aliphatic heterocycles. The summed E-state index contributed by atoms with van der Waals surface area (Å²) < 4.78 is 5.61. The second kappa shape index (κ2) is 8.44. The first-order chi connectivity index (χ1) is 10.2. The largest absolute Gasteiger partial charge is 0.339 e. The summed E-state index contributed by atoms with van der Waals surface area (Å²) in [7, 11) is 0. The Morgan fingerprint density at radius 1 is 1.29 bits per heavy atom. The van der Waals surface area contributed by atoms with E-state index in [4.69, 9.17) is 9.51 Å². The van der Waals surface area contributed by atoms with Gasteiger partial charge in [0.15, 0.2) is 5.82 Å². The van der Waals surface area contributed by atoms with Crippen molar-refractivity contribution in [2.75, 3.05) is 18.1 Å². The molecule has 0 aliphatic carbocycles. The van der Waals surface area contributed by atoms with Crippen molar-refractivity contribution in [3.05, 3.63) is 11.7 Å². The number of likely N-dealkylation sites (N-methyl/N-ethyl adjacent to an activating group) is 1. The summed E-state index contributed by atoms with van der Waals surface area (Å²) in [5, 5.41) is 8.77. The van der Waals surface area contributed by atoms with Gasteiger partial charge in [-0.2, -0.15) is 16.7 Å². The quantitative estimate of drug-likeness (QED) is 0.820. The molecule has 21 heavy (non-hydrogen) atoms. The molecule has 4 atom stereocenters. The Balaban J connectivity index is 2.12. The lowest BCUT2D eigenvalue weighted by Gasteiger charge is -2.27. The van der Waals surface area contributed by atoms with Crippen LogP contribution in [0.4, 0.5) is 0 Å². The smallest absolute Gasteiger partial charge is 0.231 e. The van der Waals surface area contributed by atoms with Gasteiger partial charge in [0.1, 0.15) is 0 Å². The van der Waals surface area contributed by atoms with Crippen molar-refractivity contribution in [1.82, 2.24) is 15.5 Å². The summed E-state index contributed by atoms with van der Waals surface area (Å²) >= 11 is 4.03. The fourth-order valence-corrected chi connectivity index (χ4v) is 5.84. The Bertz CT molecular complexity index is 427. The van der Waals surface area contributed by atoms with E-state index in [1.165, 1.54) is 11.5 Å². The lowest BCUT2D eigenvalue weighted by Crippen LogP contribution is -2.32. The number of nitrogens with one attached hydrogen (secondary N) is 1. The van der Waals surface area contributed by atoms with Gasteiger partial charge in [0, 0.05) is 22.8 Å². The topological polar surface area (TPSA) is 51.0 Å². The Morgan fingerprint density at radius 2 is 2.05 bits per heavy atom. The molecule has 120 valence electrons. The van der Waals surface area contributed by atoms with E-state index in [0.29, 0.717) is 22.5 Å². The molecule has 0 aromatic carbocycles. The summed E-state index contributed by atoms with van der Waals surface area (Å²) in [6.07, 6.45) is 2.18. The summed E-state index contributed by atoms with van der Waals surface area (Å²) in [4.78, 5) is 4.75. The minimum atomic E-state index is 0.299. The molecule has 0 saturated carbocycles. The van der Waals surface area contributed by atoms with Gasteiger partial charge in [0.25, 0.3) is 0 Å². The third-order valence-corrected chi connectivity index (χ3v) is 7.29. The third kappa shape index (κ3) is 4.17. The van der Waals surface area contributed by atoms with E-state index in [1.807, 2.05) is 23.5 Å². The number of aromatic nitrogens is 2. The van der Waals surface area contributed by atoms with Crippen LogP contribution >= 0.6 is 23.5 Å². The fraction of sp³-hybridized carbons (Fsp3) is 0.867. The van der Waals surface area contributed by atoms with Crippen LogP contribution in [0.3, 0.4) is 0 Å². The molecule has 1 fully saturated rings. The molecule has 1 aromatic heterocycles. The van der Waals surface area contributed by atoms with Crippen molar-refractivity contribution >= 4 is 23.5 Å². The van der Waals surface area contributed by atoms with E-state index in [2.05, 4.69) is 38.2 Å². The zero-order valence-electron chi connectivity index (χ0n) is 13.5. The van der Waals surface area contributed by atoms with Gasteiger partial charge < -0.3 is 9.84 Å². The predicted octanol–water partition coefficient (Wildman–Crippen LogP) is 3.86. The van der Waals surface area contributed by atoms with Crippen molar-refractivity contribution in [3.8, 4) is 0 Å². The molecule has 1 N–H and O–H groups in total. The van der Waals surface area contributed by atoms with E-state index >= 15 is 0 Å². The molecule has 1 aromatic rings. The molecule has 0 bridgehead atoms. The van der Waals surface area contributed by atoms with Crippen LogP contribution in [0.2, 0.25) is 0 Å². The Morgan fingerprint density at radius 3 is 2.71 bits per heavy atom. The highest BCUT2D eigenvalue weighted by Gasteiger charge is 2.32. The summed E-state index contributed by atoms with van der Waals surface area (Å²) in [6, 6.07) is 0.364. The first kappa shape index (κ1) is 17.2.